The van der Waals surface area contributed by atoms with E-state index in [0.29, 0.717) is 0 Å². The maximum Gasteiger partial charge on any atom is 0.184 e. The van der Waals surface area contributed by atoms with Crippen LogP contribution in [0.5, 0.6) is 0 Å². The molecule has 11 heavy (non-hydrogen) atoms. The van der Waals surface area contributed by atoms with Crippen molar-refractivity contribution >= 4 is 0 Å². The summed E-state index contributed by atoms with van der Waals surface area (Å²) in [5.41, 5.74) is 0.866. The van der Waals surface area contributed by atoms with E-state index in [2.05, 4.69) is 10.2 Å². The van der Waals surface area contributed by atoms with Crippen molar-refractivity contribution in [3.8, 4) is 0 Å². The number of methoxy groups -OCH3 is 2. The van der Waals surface area contributed by atoms with Crippen molar-refractivity contribution in [3.63, 3.8) is 0 Å². The van der Waals surface area contributed by atoms with Crippen LogP contribution in [0.25, 0.3) is 0 Å². The maximum atomic E-state index is 5.00. The highest BCUT2D eigenvalue weighted by Crippen LogP contribution is 2.13. The topological polar surface area (TPSA) is 44.2 Å². The summed E-state index contributed by atoms with van der Waals surface area (Å²) in [6, 6.07) is 1.80. The van der Waals surface area contributed by atoms with Crippen LogP contribution in [0.4, 0.5) is 0 Å². The van der Waals surface area contributed by atoms with Gasteiger partial charge in [0.1, 0.15) is 0 Å². The van der Waals surface area contributed by atoms with Gasteiger partial charge in [-0.15, -0.1) is 0 Å². The zero-order valence-corrected chi connectivity index (χ0v) is 6.52. The van der Waals surface area contributed by atoms with Gasteiger partial charge in [0, 0.05) is 19.8 Å². The van der Waals surface area contributed by atoms with E-state index in [4.69, 9.17) is 9.47 Å². The van der Waals surface area contributed by atoms with Gasteiger partial charge in [-0.2, -0.15) is 10.2 Å². The summed E-state index contributed by atoms with van der Waals surface area (Å²) in [6.45, 7) is 0. The van der Waals surface area contributed by atoms with Crippen molar-refractivity contribution in [1.29, 1.82) is 0 Å². The molecule has 0 aliphatic carbocycles. The second-order valence-electron chi connectivity index (χ2n) is 1.98. The van der Waals surface area contributed by atoms with Crippen LogP contribution >= 0.6 is 0 Å². The summed E-state index contributed by atoms with van der Waals surface area (Å²) in [5.74, 6) is 0. The van der Waals surface area contributed by atoms with Gasteiger partial charge in [-0.05, 0) is 6.07 Å². The van der Waals surface area contributed by atoms with Gasteiger partial charge in [-0.3, -0.25) is 0 Å². The van der Waals surface area contributed by atoms with Crippen LogP contribution in [0.15, 0.2) is 18.5 Å². The van der Waals surface area contributed by atoms with Crippen LogP contribution in [0.3, 0.4) is 0 Å². The van der Waals surface area contributed by atoms with E-state index in [1.54, 1.807) is 32.7 Å². The largest absolute Gasteiger partial charge is 0.352 e. The number of hydrogen-bond donors (Lipinski definition) is 0. The van der Waals surface area contributed by atoms with Gasteiger partial charge in [0.15, 0.2) is 6.29 Å². The third-order valence-corrected chi connectivity index (χ3v) is 1.31. The lowest BCUT2D eigenvalue weighted by Crippen LogP contribution is -2.03. The Balaban J connectivity index is 2.74. The Hall–Kier alpha value is -1.00. The molecule has 0 saturated carbocycles. The molecule has 60 valence electrons. The first-order chi connectivity index (χ1) is 5.38. The Morgan fingerprint density at radius 2 is 2.00 bits per heavy atom. The summed E-state index contributed by atoms with van der Waals surface area (Å²) in [4.78, 5) is 0. The summed E-state index contributed by atoms with van der Waals surface area (Å²) < 4.78 is 9.99. The van der Waals surface area contributed by atoms with Crippen LogP contribution in [-0.4, -0.2) is 24.4 Å². The van der Waals surface area contributed by atoms with E-state index < -0.39 is 0 Å². The Bertz CT molecular complexity index is 199. The van der Waals surface area contributed by atoms with Gasteiger partial charge in [-0.1, -0.05) is 0 Å². The van der Waals surface area contributed by atoms with Crippen molar-refractivity contribution in [2.45, 2.75) is 6.29 Å². The van der Waals surface area contributed by atoms with E-state index in [0.717, 1.165) is 5.56 Å². The first kappa shape index (κ1) is 8.10. The highest BCUT2D eigenvalue weighted by molar-refractivity contribution is 5.06. The van der Waals surface area contributed by atoms with Crippen molar-refractivity contribution in [2.75, 3.05) is 14.2 Å². The van der Waals surface area contributed by atoms with E-state index in [1.807, 2.05) is 0 Å². The molecule has 0 unspecified atom stereocenters. The average molecular weight is 154 g/mol. The summed E-state index contributed by atoms with van der Waals surface area (Å²) in [7, 11) is 3.16. The summed E-state index contributed by atoms with van der Waals surface area (Å²) in [5, 5.41) is 7.33. The van der Waals surface area contributed by atoms with Crippen molar-refractivity contribution < 1.29 is 9.47 Å². The van der Waals surface area contributed by atoms with Gasteiger partial charge < -0.3 is 9.47 Å². The van der Waals surface area contributed by atoms with Gasteiger partial charge in [0.25, 0.3) is 0 Å². The molecule has 0 bridgehead atoms. The van der Waals surface area contributed by atoms with E-state index in [1.165, 1.54) is 0 Å². The number of ether oxygens (including phenoxy) is 2. The molecular formula is C7H10N2O2. The van der Waals surface area contributed by atoms with Gasteiger partial charge in [0.05, 0.1) is 12.4 Å². The zero-order valence-electron chi connectivity index (χ0n) is 6.52. The van der Waals surface area contributed by atoms with Gasteiger partial charge >= 0.3 is 0 Å². The molecule has 1 aromatic heterocycles. The molecule has 4 nitrogen and oxygen atoms in total. The first-order valence-corrected chi connectivity index (χ1v) is 3.20. The molecule has 0 fully saturated rings. The fraction of sp³-hybridized carbons (Fsp3) is 0.429. The van der Waals surface area contributed by atoms with Crippen molar-refractivity contribution in [1.82, 2.24) is 10.2 Å². The molecule has 1 aromatic rings. The molecule has 0 atom stereocenters. The predicted molar refractivity (Wildman–Crippen MR) is 38.8 cm³/mol. The number of nitrogens with zero attached hydrogens (tertiary/aromatic N) is 2. The molecule has 1 heterocycles. The van der Waals surface area contributed by atoms with Gasteiger partial charge in [-0.25, -0.2) is 0 Å². The van der Waals surface area contributed by atoms with E-state index >= 15 is 0 Å². The average Bonchev–Trinajstić information content (AvgIpc) is 2.09. The minimum absolute atomic E-state index is 0.342. The molecule has 4 heteroatoms. The normalized spacial score (nSPS) is 10.5. The Kier molecular flexibility index (Phi) is 2.95. The lowest BCUT2D eigenvalue weighted by molar-refractivity contribution is -0.106. The minimum Gasteiger partial charge on any atom is -0.352 e. The van der Waals surface area contributed by atoms with Crippen LogP contribution in [0, 0.1) is 0 Å². The summed E-state index contributed by atoms with van der Waals surface area (Å²) in [6.07, 6.45) is 2.86. The Morgan fingerprint density at radius 1 is 1.27 bits per heavy atom. The van der Waals surface area contributed by atoms with Crippen LogP contribution in [0.2, 0.25) is 0 Å². The Morgan fingerprint density at radius 3 is 2.45 bits per heavy atom. The van der Waals surface area contributed by atoms with Crippen molar-refractivity contribution in [2.24, 2.45) is 0 Å². The standard InChI is InChI=1S/C7H10N2O2/c1-10-7(11-2)6-3-4-8-9-5-6/h3-5,7H,1-2H3. The Labute approximate surface area is 65.2 Å². The highest BCUT2D eigenvalue weighted by Gasteiger charge is 2.07. The molecule has 1 rings (SSSR count). The highest BCUT2D eigenvalue weighted by atomic mass is 16.7. The quantitative estimate of drug-likeness (QED) is 0.603. The monoisotopic (exact) mass is 154 g/mol. The SMILES string of the molecule is COC(OC)c1ccnnc1. The predicted octanol–water partition coefficient (Wildman–Crippen LogP) is 0.768. The summed E-state index contributed by atoms with van der Waals surface area (Å²) >= 11 is 0. The third kappa shape index (κ3) is 1.96. The minimum atomic E-state index is -0.342. The van der Waals surface area contributed by atoms with E-state index in [9.17, 15) is 0 Å². The first-order valence-electron chi connectivity index (χ1n) is 3.20. The number of hydrogen-bond acceptors (Lipinski definition) is 4. The second-order valence-corrected chi connectivity index (χ2v) is 1.98. The molecular weight excluding hydrogens is 144 g/mol. The van der Waals surface area contributed by atoms with Crippen LogP contribution < -0.4 is 0 Å². The number of rotatable bonds is 3. The smallest absolute Gasteiger partial charge is 0.184 e. The fourth-order valence-electron chi connectivity index (χ4n) is 0.809. The van der Waals surface area contributed by atoms with Gasteiger partial charge in [0.2, 0.25) is 0 Å². The molecule has 0 aliphatic heterocycles. The lowest BCUT2D eigenvalue weighted by Gasteiger charge is -2.11. The second kappa shape index (κ2) is 4.00. The van der Waals surface area contributed by atoms with E-state index in [-0.39, 0.29) is 6.29 Å². The van der Waals surface area contributed by atoms with Crippen LogP contribution in [-0.2, 0) is 9.47 Å². The molecule has 0 aromatic carbocycles. The number of aromatic nitrogens is 2. The molecule has 0 amide bonds. The molecule has 0 radical (unpaired) electrons. The van der Waals surface area contributed by atoms with Crippen molar-refractivity contribution in [3.05, 3.63) is 24.0 Å². The van der Waals surface area contributed by atoms with Crippen LogP contribution in [0.1, 0.15) is 11.9 Å². The lowest BCUT2D eigenvalue weighted by atomic mass is 10.3. The molecule has 0 aliphatic rings. The zero-order chi connectivity index (χ0) is 8.10. The third-order valence-electron chi connectivity index (χ3n) is 1.31. The molecule has 0 spiro atoms. The molecule has 0 N–H and O–H groups in total. The molecule has 0 saturated heterocycles. The maximum absolute atomic E-state index is 5.00. The fourth-order valence-corrected chi connectivity index (χ4v) is 0.809.